The molecule has 1 fully saturated rings. The van der Waals surface area contributed by atoms with E-state index < -0.39 is 23.5 Å². The van der Waals surface area contributed by atoms with E-state index >= 15 is 0 Å². The lowest BCUT2D eigenvalue weighted by atomic mass is 10.2. The molecule has 0 atom stereocenters. The van der Waals surface area contributed by atoms with Gasteiger partial charge in [-0.25, -0.2) is 13.8 Å². The first-order valence-electron chi connectivity index (χ1n) is 7.77. The lowest BCUT2D eigenvalue weighted by molar-refractivity contribution is -0.141. The second-order valence-corrected chi connectivity index (χ2v) is 5.81. The molecule has 0 bridgehead atoms. The summed E-state index contributed by atoms with van der Waals surface area (Å²) >= 11 is 0. The van der Waals surface area contributed by atoms with Crippen molar-refractivity contribution in [1.82, 2.24) is 9.97 Å². The Kier molecular flexibility index (Phi) is 4.73. The van der Waals surface area contributed by atoms with Gasteiger partial charge in [0.15, 0.2) is 17.3 Å². The highest BCUT2D eigenvalue weighted by Crippen LogP contribution is 2.31. The zero-order chi connectivity index (χ0) is 18.0. The molecule has 1 saturated carbocycles. The Morgan fingerprint density at radius 1 is 1.04 bits per heavy atom. The van der Waals surface area contributed by atoms with Crippen molar-refractivity contribution in [3.8, 4) is 0 Å². The predicted octanol–water partition coefficient (Wildman–Crippen LogP) is 4.87. The number of benzene rings is 1. The number of nitrogens with one attached hydrogen (secondary N) is 2. The number of nitrogens with zero attached hydrogens (tertiary/aromatic N) is 2. The van der Waals surface area contributed by atoms with Crippen molar-refractivity contribution >= 4 is 17.5 Å². The lowest BCUT2D eigenvalue weighted by Crippen LogP contribution is -2.19. The van der Waals surface area contributed by atoms with Gasteiger partial charge >= 0.3 is 6.18 Å². The fraction of sp³-hybridized carbons (Fsp3) is 0.375. The molecule has 2 aromatic rings. The Labute approximate surface area is 140 Å². The lowest BCUT2D eigenvalue weighted by Gasteiger charge is -2.16. The normalized spacial score (nSPS) is 15.4. The summed E-state index contributed by atoms with van der Waals surface area (Å²) in [6, 6.07) is 4.02. The summed E-state index contributed by atoms with van der Waals surface area (Å²) in [5, 5.41) is 5.26. The molecule has 4 nitrogen and oxygen atoms in total. The van der Waals surface area contributed by atoms with Crippen LogP contribution in [0.4, 0.5) is 39.4 Å². The van der Waals surface area contributed by atoms with Crippen molar-refractivity contribution in [2.45, 2.75) is 37.9 Å². The van der Waals surface area contributed by atoms with Crippen LogP contribution >= 0.6 is 0 Å². The van der Waals surface area contributed by atoms with Crippen LogP contribution in [0.3, 0.4) is 0 Å². The van der Waals surface area contributed by atoms with Gasteiger partial charge in [0.05, 0.1) is 5.69 Å². The molecule has 0 aliphatic heterocycles. The van der Waals surface area contributed by atoms with Gasteiger partial charge in [0.2, 0.25) is 5.95 Å². The zero-order valence-corrected chi connectivity index (χ0v) is 13.0. The molecule has 2 N–H and O–H groups in total. The highest BCUT2D eigenvalue weighted by Gasteiger charge is 2.34. The molecule has 0 radical (unpaired) electrons. The molecule has 0 spiro atoms. The summed E-state index contributed by atoms with van der Waals surface area (Å²) in [5.74, 6) is -2.77. The third-order valence-corrected chi connectivity index (χ3v) is 3.92. The van der Waals surface area contributed by atoms with Crippen molar-refractivity contribution in [2.24, 2.45) is 0 Å². The molecule has 3 rings (SSSR count). The first kappa shape index (κ1) is 17.4. The minimum atomic E-state index is -4.69. The molecule has 0 saturated heterocycles. The molecular weight excluding hydrogens is 343 g/mol. The number of anilines is 3. The Balaban J connectivity index is 1.92. The standard InChI is InChI=1S/C16H15F5N4/c17-10-6-3-7-11(14(10)18)23-13-8-12(16(19,20)21)24-15(25-13)22-9-4-1-2-5-9/h3,6-9H,1-2,4-5H2,(H2,22,23,24,25). The van der Waals surface area contributed by atoms with Gasteiger partial charge in [0, 0.05) is 12.1 Å². The molecule has 0 amide bonds. The molecule has 1 aliphatic rings. The predicted molar refractivity (Wildman–Crippen MR) is 82.6 cm³/mol. The number of aromatic nitrogens is 2. The van der Waals surface area contributed by atoms with Gasteiger partial charge in [-0.05, 0) is 25.0 Å². The second kappa shape index (κ2) is 6.81. The van der Waals surface area contributed by atoms with Crippen molar-refractivity contribution in [1.29, 1.82) is 0 Å². The van der Waals surface area contributed by atoms with E-state index in [-0.39, 0.29) is 23.5 Å². The molecule has 25 heavy (non-hydrogen) atoms. The van der Waals surface area contributed by atoms with Gasteiger partial charge in [-0.1, -0.05) is 18.9 Å². The van der Waals surface area contributed by atoms with E-state index in [9.17, 15) is 22.0 Å². The SMILES string of the molecule is Fc1cccc(Nc2cc(C(F)(F)F)nc(NC3CCCC3)n2)c1F. The third-order valence-electron chi connectivity index (χ3n) is 3.92. The molecule has 1 aliphatic carbocycles. The Bertz CT molecular complexity index is 757. The first-order valence-corrected chi connectivity index (χ1v) is 7.77. The minimum Gasteiger partial charge on any atom is -0.351 e. The van der Waals surface area contributed by atoms with Crippen molar-refractivity contribution < 1.29 is 22.0 Å². The number of rotatable bonds is 4. The van der Waals surface area contributed by atoms with Crippen LogP contribution in [0.5, 0.6) is 0 Å². The summed E-state index contributed by atoms with van der Waals surface area (Å²) in [6.45, 7) is 0. The Morgan fingerprint density at radius 3 is 2.44 bits per heavy atom. The Hall–Kier alpha value is -2.45. The summed E-state index contributed by atoms with van der Waals surface area (Å²) in [5.41, 5.74) is -1.47. The van der Waals surface area contributed by atoms with Crippen LogP contribution in [0.2, 0.25) is 0 Å². The van der Waals surface area contributed by atoms with Crippen LogP contribution < -0.4 is 10.6 Å². The average Bonchev–Trinajstić information content (AvgIpc) is 3.04. The van der Waals surface area contributed by atoms with E-state index in [4.69, 9.17) is 0 Å². The van der Waals surface area contributed by atoms with Gasteiger partial charge in [-0.3, -0.25) is 0 Å². The molecule has 1 heterocycles. The maximum Gasteiger partial charge on any atom is 0.433 e. The molecule has 0 unspecified atom stereocenters. The summed E-state index contributed by atoms with van der Waals surface area (Å²) < 4.78 is 66.2. The van der Waals surface area contributed by atoms with E-state index in [1.165, 1.54) is 12.1 Å². The van der Waals surface area contributed by atoms with Gasteiger partial charge in [0.25, 0.3) is 0 Å². The quantitative estimate of drug-likeness (QED) is 0.766. The van der Waals surface area contributed by atoms with E-state index in [1.54, 1.807) is 0 Å². The summed E-state index contributed by atoms with van der Waals surface area (Å²) in [7, 11) is 0. The fourth-order valence-corrected chi connectivity index (χ4v) is 2.71. The molecular formula is C16H15F5N4. The van der Waals surface area contributed by atoms with E-state index in [1.807, 2.05) is 0 Å². The highest BCUT2D eigenvalue weighted by atomic mass is 19.4. The third kappa shape index (κ3) is 4.15. The highest BCUT2D eigenvalue weighted by molar-refractivity contribution is 5.58. The van der Waals surface area contributed by atoms with Gasteiger partial charge in [-0.15, -0.1) is 0 Å². The molecule has 1 aromatic heterocycles. The molecule has 9 heteroatoms. The second-order valence-electron chi connectivity index (χ2n) is 5.81. The topological polar surface area (TPSA) is 49.8 Å². The smallest absolute Gasteiger partial charge is 0.351 e. The summed E-state index contributed by atoms with van der Waals surface area (Å²) in [4.78, 5) is 7.45. The number of hydrogen-bond donors (Lipinski definition) is 2. The van der Waals surface area contributed by atoms with Crippen LogP contribution in [0.25, 0.3) is 0 Å². The van der Waals surface area contributed by atoms with Crippen LogP contribution in [0, 0.1) is 11.6 Å². The first-order chi connectivity index (χ1) is 11.8. The number of halogens is 5. The minimum absolute atomic E-state index is 0.00207. The molecule has 1 aromatic carbocycles. The largest absolute Gasteiger partial charge is 0.433 e. The van der Waals surface area contributed by atoms with Gasteiger partial charge in [-0.2, -0.15) is 18.2 Å². The van der Waals surface area contributed by atoms with Crippen molar-refractivity contribution in [2.75, 3.05) is 10.6 Å². The Morgan fingerprint density at radius 2 is 1.76 bits per heavy atom. The van der Waals surface area contributed by atoms with E-state index in [0.717, 1.165) is 31.7 Å². The number of hydrogen-bond acceptors (Lipinski definition) is 4. The average molecular weight is 358 g/mol. The van der Waals surface area contributed by atoms with E-state index in [2.05, 4.69) is 20.6 Å². The zero-order valence-electron chi connectivity index (χ0n) is 13.0. The van der Waals surface area contributed by atoms with Gasteiger partial charge in [0.1, 0.15) is 5.82 Å². The van der Waals surface area contributed by atoms with Crippen LogP contribution in [0.15, 0.2) is 24.3 Å². The summed E-state index contributed by atoms with van der Waals surface area (Å²) in [6.07, 6.45) is -1.08. The van der Waals surface area contributed by atoms with Crippen LogP contribution in [-0.2, 0) is 6.18 Å². The molecule has 134 valence electrons. The number of alkyl halides is 3. The van der Waals surface area contributed by atoms with Gasteiger partial charge < -0.3 is 10.6 Å². The van der Waals surface area contributed by atoms with Crippen molar-refractivity contribution in [3.05, 3.63) is 41.6 Å². The van der Waals surface area contributed by atoms with E-state index in [0.29, 0.717) is 6.07 Å². The van der Waals surface area contributed by atoms with Crippen LogP contribution in [0.1, 0.15) is 31.4 Å². The fourth-order valence-electron chi connectivity index (χ4n) is 2.71. The van der Waals surface area contributed by atoms with Crippen molar-refractivity contribution in [3.63, 3.8) is 0 Å². The maximum absolute atomic E-state index is 13.7. The maximum atomic E-state index is 13.7. The monoisotopic (exact) mass is 358 g/mol. The van der Waals surface area contributed by atoms with Crippen LogP contribution in [-0.4, -0.2) is 16.0 Å².